The van der Waals surface area contributed by atoms with Crippen LogP contribution in [-0.4, -0.2) is 29.6 Å². The van der Waals surface area contributed by atoms with Crippen LogP contribution in [0.4, 0.5) is 4.79 Å². The molecular formula is C10H22N2O3. The summed E-state index contributed by atoms with van der Waals surface area (Å²) in [6.07, 6.45) is 0.820. The zero-order valence-corrected chi connectivity index (χ0v) is 9.75. The van der Waals surface area contributed by atoms with Crippen molar-refractivity contribution in [2.75, 3.05) is 6.61 Å². The second-order valence-electron chi connectivity index (χ2n) is 4.57. The van der Waals surface area contributed by atoms with Crippen molar-refractivity contribution in [3.63, 3.8) is 0 Å². The number of unbranched alkanes of at least 4 members (excludes halogenated alkanes) is 1. The van der Waals surface area contributed by atoms with Gasteiger partial charge in [-0.2, -0.15) is 0 Å². The molecule has 1 amide bonds. The van der Waals surface area contributed by atoms with Crippen LogP contribution in [0.2, 0.25) is 0 Å². The molecule has 0 heterocycles. The van der Waals surface area contributed by atoms with Gasteiger partial charge in [0.05, 0.1) is 6.61 Å². The molecule has 15 heavy (non-hydrogen) atoms. The fourth-order valence-corrected chi connectivity index (χ4v) is 0.963. The largest absolute Gasteiger partial charge is 0.450 e. The highest BCUT2D eigenvalue weighted by atomic mass is 16.5. The van der Waals surface area contributed by atoms with Crippen molar-refractivity contribution in [3.8, 4) is 0 Å². The Bertz CT molecular complexity index is 188. The Hall–Kier alpha value is -0.810. The molecule has 0 bridgehead atoms. The monoisotopic (exact) mass is 218 g/mol. The Morgan fingerprint density at radius 1 is 1.47 bits per heavy atom. The lowest BCUT2D eigenvalue weighted by Gasteiger charge is -2.19. The average Bonchev–Trinajstić information content (AvgIpc) is 1.99. The van der Waals surface area contributed by atoms with E-state index in [1.54, 1.807) is 0 Å². The molecule has 0 fully saturated rings. The highest BCUT2D eigenvalue weighted by Crippen LogP contribution is 2.01. The molecule has 0 rings (SSSR count). The summed E-state index contributed by atoms with van der Waals surface area (Å²) >= 11 is 0. The van der Waals surface area contributed by atoms with Gasteiger partial charge in [-0.15, -0.1) is 0 Å². The number of aliphatic hydroxyl groups excluding tert-OH is 1. The fourth-order valence-electron chi connectivity index (χ4n) is 0.963. The van der Waals surface area contributed by atoms with E-state index in [0.717, 1.165) is 6.42 Å². The van der Waals surface area contributed by atoms with Gasteiger partial charge in [0.15, 0.2) is 0 Å². The summed E-state index contributed by atoms with van der Waals surface area (Å²) < 4.78 is 4.93. The standard InChI is InChI=1S/C10H22N2O3/c1-10(2,3)12-9(14)15-7-5-4-6-8(11)13/h8,13H,4-7,11H2,1-3H3,(H,12,14). The molecule has 1 unspecified atom stereocenters. The number of nitrogens with one attached hydrogen (secondary N) is 1. The third-order valence-corrected chi connectivity index (χ3v) is 1.60. The van der Waals surface area contributed by atoms with Crippen LogP contribution < -0.4 is 11.1 Å². The van der Waals surface area contributed by atoms with Gasteiger partial charge < -0.3 is 20.9 Å². The number of carbonyl (C=O) groups is 1. The molecule has 4 N–H and O–H groups in total. The quantitative estimate of drug-likeness (QED) is 0.474. The van der Waals surface area contributed by atoms with E-state index in [-0.39, 0.29) is 5.54 Å². The number of nitrogens with two attached hydrogens (primary N) is 1. The first kappa shape index (κ1) is 14.2. The maximum absolute atomic E-state index is 11.1. The Morgan fingerprint density at radius 2 is 2.07 bits per heavy atom. The van der Waals surface area contributed by atoms with Gasteiger partial charge >= 0.3 is 6.09 Å². The summed E-state index contributed by atoms with van der Waals surface area (Å²) in [5.41, 5.74) is 4.88. The van der Waals surface area contributed by atoms with Crippen molar-refractivity contribution in [2.24, 2.45) is 5.73 Å². The number of carbonyl (C=O) groups excluding carboxylic acids is 1. The molecule has 5 nitrogen and oxygen atoms in total. The summed E-state index contributed by atoms with van der Waals surface area (Å²) in [6, 6.07) is 0. The molecule has 0 aliphatic rings. The zero-order chi connectivity index (χ0) is 11.9. The Kier molecular flexibility index (Phi) is 6.27. The summed E-state index contributed by atoms with van der Waals surface area (Å²) in [5.74, 6) is 0. The fraction of sp³-hybridized carbons (Fsp3) is 0.900. The van der Waals surface area contributed by atoms with Crippen LogP contribution in [0.1, 0.15) is 40.0 Å². The number of aliphatic hydroxyl groups is 1. The summed E-state index contributed by atoms with van der Waals surface area (Å²) in [6.45, 7) is 6.02. The summed E-state index contributed by atoms with van der Waals surface area (Å²) in [7, 11) is 0. The second kappa shape index (κ2) is 6.63. The molecule has 0 saturated carbocycles. The van der Waals surface area contributed by atoms with Crippen molar-refractivity contribution < 1.29 is 14.6 Å². The molecular weight excluding hydrogens is 196 g/mol. The van der Waals surface area contributed by atoms with Crippen LogP contribution in [-0.2, 0) is 4.74 Å². The van der Waals surface area contributed by atoms with Gasteiger partial charge in [-0.25, -0.2) is 4.79 Å². The van der Waals surface area contributed by atoms with Crippen molar-refractivity contribution in [2.45, 2.75) is 51.8 Å². The van der Waals surface area contributed by atoms with Gasteiger partial charge in [-0.1, -0.05) is 0 Å². The van der Waals surface area contributed by atoms with Gasteiger partial charge in [-0.3, -0.25) is 0 Å². The molecule has 5 heteroatoms. The summed E-state index contributed by atoms with van der Waals surface area (Å²) in [5, 5.41) is 11.5. The van der Waals surface area contributed by atoms with Crippen LogP contribution in [0, 0.1) is 0 Å². The van der Waals surface area contributed by atoms with Crippen LogP contribution in [0.5, 0.6) is 0 Å². The predicted octanol–water partition coefficient (Wildman–Crippen LogP) is 0.958. The highest BCUT2D eigenvalue weighted by molar-refractivity contribution is 5.67. The average molecular weight is 218 g/mol. The SMILES string of the molecule is CC(C)(C)NC(=O)OCCCCC(N)O. The predicted molar refractivity (Wildman–Crippen MR) is 58.3 cm³/mol. The minimum Gasteiger partial charge on any atom is -0.450 e. The van der Waals surface area contributed by atoms with Crippen molar-refractivity contribution >= 4 is 6.09 Å². The number of hydrogen-bond acceptors (Lipinski definition) is 4. The van der Waals surface area contributed by atoms with Crippen LogP contribution >= 0.6 is 0 Å². The van der Waals surface area contributed by atoms with E-state index >= 15 is 0 Å². The van der Waals surface area contributed by atoms with E-state index in [1.807, 2.05) is 20.8 Å². The number of ether oxygens (including phenoxy) is 1. The summed E-state index contributed by atoms with van der Waals surface area (Å²) in [4.78, 5) is 11.1. The van der Waals surface area contributed by atoms with E-state index in [9.17, 15) is 4.79 Å². The van der Waals surface area contributed by atoms with Gasteiger partial charge in [0.1, 0.15) is 6.23 Å². The Balaban J connectivity index is 3.40. The van der Waals surface area contributed by atoms with Gasteiger partial charge in [0.25, 0.3) is 0 Å². The van der Waals surface area contributed by atoms with Crippen molar-refractivity contribution in [1.82, 2.24) is 5.32 Å². The number of rotatable bonds is 5. The molecule has 0 aliphatic heterocycles. The van der Waals surface area contributed by atoms with Gasteiger partial charge in [-0.05, 0) is 40.0 Å². The zero-order valence-electron chi connectivity index (χ0n) is 9.75. The van der Waals surface area contributed by atoms with Crippen molar-refractivity contribution in [1.29, 1.82) is 0 Å². The van der Waals surface area contributed by atoms with E-state index in [0.29, 0.717) is 19.4 Å². The molecule has 0 radical (unpaired) electrons. The van der Waals surface area contributed by atoms with Crippen LogP contribution in [0.15, 0.2) is 0 Å². The highest BCUT2D eigenvalue weighted by Gasteiger charge is 2.13. The first-order chi connectivity index (χ1) is 6.81. The molecule has 0 aliphatic carbocycles. The maximum Gasteiger partial charge on any atom is 0.407 e. The third kappa shape index (κ3) is 11.1. The number of alkyl carbamates (subject to hydrolysis) is 1. The van der Waals surface area contributed by atoms with E-state index in [2.05, 4.69) is 5.32 Å². The molecule has 1 atom stereocenters. The number of hydrogen-bond donors (Lipinski definition) is 3. The lowest BCUT2D eigenvalue weighted by Crippen LogP contribution is -2.41. The van der Waals surface area contributed by atoms with Gasteiger partial charge in [0, 0.05) is 5.54 Å². The molecule has 0 spiro atoms. The molecule has 90 valence electrons. The first-order valence-corrected chi connectivity index (χ1v) is 5.20. The third-order valence-electron chi connectivity index (χ3n) is 1.60. The maximum atomic E-state index is 11.1. The molecule has 0 aromatic heterocycles. The lowest BCUT2D eigenvalue weighted by atomic mass is 10.1. The van der Waals surface area contributed by atoms with E-state index in [4.69, 9.17) is 15.6 Å². The molecule has 0 saturated heterocycles. The second-order valence-corrected chi connectivity index (χ2v) is 4.57. The minimum atomic E-state index is -0.770. The van der Waals surface area contributed by atoms with Gasteiger partial charge in [0.2, 0.25) is 0 Å². The smallest absolute Gasteiger partial charge is 0.407 e. The van der Waals surface area contributed by atoms with E-state index in [1.165, 1.54) is 0 Å². The van der Waals surface area contributed by atoms with E-state index < -0.39 is 12.3 Å². The normalized spacial score (nSPS) is 13.4. The van der Waals surface area contributed by atoms with Crippen molar-refractivity contribution in [3.05, 3.63) is 0 Å². The van der Waals surface area contributed by atoms with Crippen LogP contribution in [0.25, 0.3) is 0 Å². The molecule has 0 aromatic rings. The first-order valence-electron chi connectivity index (χ1n) is 5.20. The lowest BCUT2D eigenvalue weighted by molar-refractivity contribution is 0.130. The topological polar surface area (TPSA) is 84.6 Å². The minimum absolute atomic E-state index is 0.273. The van der Waals surface area contributed by atoms with Crippen LogP contribution in [0.3, 0.4) is 0 Å². The Morgan fingerprint density at radius 3 is 2.53 bits per heavy atom. The number of amides is 1. The Labute approximate surface area is 91.0 Å². The molecule has 0 aromatic carbocycles.